The minimum absolute atomic E-state index is 0.0118. The van der Waals surface area contributed by atoms with Gasteiger partial charge in [-0.2, -0.15) is 0 Å². The van der Waals surface area contributed by atoms with Gasteiger partial charge in [0.15, 0.2) is 0 Å². The highest BCUT2D eigenvalue weighted by Gasteiger charge is 2.19. The van der Waals surface area contributed by atoms with E-state index in [1.54, 1.807) is 13.0 Å². The maximum atomic E-state index is 13.2. The van der Waals surface area contributed by atoms with Crippen molar-refractivity contribution in [3.63, 3.8) is 0 Å². The lowest BCUT2D eigenvalue weighted by molar-refractivity contribution is -0.118. The number of halogens is 1. The number of benzene rings is 1. The Kier molecular flexibility index (Phi) is 6.09. The predicted octanol–water partition coefficient (Wildman–Crippen LogP) is 2.78. The summed E-state index contributed by atoms with van der Waals surface area (Å²) in [5.41, 5.74) is 6.33. The first-order chi connectivity index (χ1) is 13.4. The van der Waals surface area contributed by atoms with Crippen LogP contribution in [0.25, 0.3) is 11.5 Å². The Morgan fingerprint density at radius 1 is 1.21 bits per heavy atom. The van der Waals surface area contributed by atoms with Gasteiger partial charge in [-0.15, -0.1) is 10.2 Å². The second-order valence-corrected chi connectivity index (χ2v) is 6.72. The third-order valence-corrected chi connectivity index (χ3v) is 4.64. The summed E-state index contributed by atoms with van der Waals surface area (Å²) in [5.74, 6) is -0.340. The number of rotatable bonds is 8. The Labute approximate surface area is 163 Å². The number of furan rings is 1. The molecule has 2 N–H and O–H groups in total. The van der Waals surface area contributed by atoms with Crippen molar-refractivity contribution < 1.29 is 22.8 Å². The summed E-state index contributed by atoms with van der Waals surface area (Å²) in [4.78, 5) is 25.1. The molecule has 3 aromatic rings. The van der Waals surface area contributed by atoms with Gasteiger partial charge in [0, 0.05) is 18.7 Å². The Morgan fingerprint density at radius 2 is 1.96 bits per heavy atom. The average Bonchev–Trinajstić information content (AvgIpc) is 3.30. The minimum Gasteiger partial charge on any atom is -0.469 e. The molecule has 0 aliphatic heterocycles. The van der Waals surface area contributed by atoms with Crippen LogP contribution in [0.15, 0.2) is 50.7 Å². The van der Waals surface area contributed by atoms with Crippen LogP contribution in [0.2, 0.25) is 0 Å². The van der Waals surface area contributed by atoms with E-state index >= 15 is 0 Å². The van der Waals surface area contributed by atoms with Crippen molar-refractivity contribution in [2.24, 2.45) is 5.73 Å². The van der Waals surface area contributed by atoms with Crippen molar-refractivity contribution in [1.29, 1.82) is 0 Å². The Morgan fingerprint density at radius 3 is 2.61 bits per heavy atom. The van der Waals surface area contributed by atoms with Crippen LogP contribution in [-0.4, -0.2) is 34.3 Å². The van der Waals surface area contributed by atoms with Gasteiger partial charge >= 0.3 is 0 Å². The van der Waals surface area contributed by atoms with E-state index in [0.717, 1.165) is 11.8 Å². The summed E-state index contributed by atoms with van der Waals surface area (Å²) in [5, 5.41) is 8.08. The average molecular weight is 404 g/mol. The second-order valence-electron chi connectivity index (χ2n) is 5.79. The maximum Gasteiger partial charge on any atom is 0.277 e. The van der Waals surface area contributed by atoms with Crippen LogP contribution >= 0.6 is 11.8 Å². The molecule has 2 amide bonds. The summed E-state index contributed by atoms with van der Waals surface area (Å²) in [6.45, 7) is 1.86. The molecule has 0 aliphatic rings. The Hall–Kier alpha value is -3.14. The molecule has 0 atom stereocenters. The molecule has 3 rings (SSSR count). The van der Waals surface area contributed by atoms with E-state index in [0.29, 0.717) is 22.9 Å². The molecule has 2 heterocycles. The number of carbonyl (C=O) groups excluding carboxylic acids is 2. The van der Waals surface area contributed by atoms with E-state index in [9.17, 15) is 14.0 Å². The molecule has 0 spiro atoms. The van der Waals surface area contributed by atoms with Crippen molar-refractivity contribution >= 4 is 29.3 Å². The molecule has 0 unspecified atom stereocenters. The largest absolute Gasteiger partial charge is 0.469 e. The lowest BCUT2D eigenvalue weighted by Crippen LogP contribution is -2.35. The number of nitrogens with two attached hydrogens (primary N) is 1. The lowest BCUT2D eigenvalue weighted by Gasteiger charge is -2.22. The smallest absolute Gasteiger partial charge is 0.277 e. The highest BCUT2D eigenvalue weighted by atomic mass is 32.2. The number of aromatic nitrogens is 2. The number of anilines is 1. The third kappa shape index (κ3) is 4.77. The van der Waals surface area contributed by atoms with Gasteiger partial charge < -0.3 is 19.5 Å². The molecule has 0 saturated carbocycles. The zero-order valence-corrected chi connectivity index (χ0v) is 15.7. The van der Waals surface area contributed by atoms with Crippen LogP contribution in [0.3, 0.4) is 0 Å². The zero-order chi connectivity index (χ0) is 20.1. The topological polar surface area (TPSA) is 115 Å². The van der Waals surface area contributed by atoms with Crippen LogP contribution in [-0.2, 0) is 9.59 Å². The number of aryl methyl sites for hydroxylation is 1. The van der Waals surface area contributed by atoms with E-state index in [4.69, 9.17) is 14.6 Å². The van der Waals surface area contributed by atoms with Gasteiger partial charge in [-0.3, -0.25) is 9.59 Å². The van der Waals surface area contributed by atoms with Crippen molar-refractivity contribution in [1.82, 2.24) is 10.2 Å². The second kappa shape index (κ2) is 8.70. The first kappa shape index (κ1) is 19.6. The Balaban J connectivity index is 1.68. The molecule has 28 heavy (non-hydrogen) atoms. The highest BCUT2D eigenvalue weighted by Crippen LogP contribution is 2.27. The predicted molar refractivity (Wildman–Crippen MR) is 100 cm³/mol. The maximum absolute atomic E-state index is 13.2. The molecule has 0 fully saturated rings. The highest BCUT2D eigenvalue weighted by molar-refractivity contribution is 7.99. The van der Waals surface area contributed by atoms with Crippen LogP contribution in [0.5, 0.6) is 0 Å². The normalized spacial score (nSPS) is 10.8. The number of nitrogens with zero attached hydrogens (tertiary/aromatic N) is 3. The molecule has 0 bridgehead atoms. The van der Waals surface area contributed by atoms with Gasteiger partial charge in [0.1, 0.15) is 11.6 Å². The van der Waals surface area contributed by atoms with E-state index in [1.807, 2.05) is 0 Å². The van der Waals surface area contributed by atoms with Crippen molar-refractivity contribution in [3.05, 3.63) is 48.2 Å². The number of primary amides is 1. The molecule has 0 aliphatic carbocycles. The molecule has 1 aromatic carbocycles. The van der Waals surface area contributed by atoms with Crippen LogP contribution in [0.1, 0.15) is 12.2 Å². The van der Waals surface area contributed by atoms with Gasteiger partial charge in [-0.1, -0.05) is 11.8 Å². The molecule has 0 saturated heterocycles. The molecule has 8 nitrogen and oxygen atoms in total. The van der Waals surface area contributed by atoms with Crippen molar-refractivity contribution in [3.8, 4) is 11.5 Å². The zero-order valence-electron chi connectivity index (χ0n) is 14.9. The summed E-state index contributed by atoms with van der Waals surface area (Å²) in [6, 6.07) is 7.12. The number of amides is 2. The molecule has 10 heteroatoms. The molecule has 146 valence electrons. The van der Waals surface area contributed by atoms with Gasteiger partial charge in [0.05, 0.1) is 17.6 Å². The first-order valence-corrected chi connectivity index (χ1v) is 9.27. The summed E-state index contributed by atoms with van der Waals surface area (Å²) in [7, 11) is 0. The van der Waals surface area contributed by atoms with Gasteiger partial charge in [0.25, 0.3) is 11.1 Å². The number of thioether (sulfide) groups is 1. The Bertz CT molecular complexity index is 970. The fourth-order valence-corrected chi connectivity index (χ4v) is 3.07. The monoisotopic (exact) mass is 404 g/mol. The first-order valence-electron chi connectivity index (χ1n) is 8.29. The molecule has 2 aromatic heterocycles. The minimum atomic E-state index is -0.537. The van der Waals surface area contributed by atoms with Gasteiger partial charge in [-0.25, -0.2) is 4.39 Å². The van der Waals surface area contributed by atoms with Crippen molar-refractivity contribution in [2.75, 3.05) is 17.2 Å². The number of hydrogen-bond donors (Lipinski definition) is 1. The van der Waals surface area contributed by atoms with Crippen LogP contribution in [0, 0.1) is 12.7 Å². The quantitative estimate of drug-likeness (QED) is 0.574. The molecular formula is C18H17FN4O4S. The molecular weight excluding hydrogens is 387 g/mol. The van der Waals surface area contributed by atoms with E-state index < -0.39 is 11.7 Å². The van der Waals surface area contributed by atoms with Crippen LogP contribution < -0.4 is 10.6 Å². The van der Waals surface area contributed by atoms with E-state index in [2.05, 4.69) is 10.2 Å². The van der Waals surface area contributed by atoms with Crippen LogP contribution in [0.4, 0.5) is 10.1 Å². The van der Waals surface area contributed by atoms with Gasteiger partial charge in [-0.05, 0) is 37.3 Å². The summed E-state index contributed by atoms with van der Waals surface area (Å²) < 4.78 is 23.9. The summed E-state index contributed by atoms with van der Waals surface area (Å²) >= 11 is 1.06. The fraction of sp³-hybridized carbons (Fsp3) is 0.222. The molecule has 0 radical (unpaired) electrons. The third-order valence-electron chi connectivity index (χ3n) is 3.84. The standard InChI is InChI=1S/C18H17FN4O4S/c1-11-14(7-9-26-11)17-21-22-18(27-17)28-10-16(25)23(8-6-15(20)24)13-4-2-12(19)3-5-13/h2-5,7,9H,6,8,10H2,1H3,(H2,20,24). The van der Waals surface area contributed by atoms with E-state index in [-0.39, 0.29) is 29.8 Å². The number of hydrogen-bond acceptors (Lipinski definition) is 7. The van der Waals surface area contributed by atoms with Gasteiger partial charge in [0.2, 0.25) is 11.8 Å². The SMILES string of the molecule is Cc1occc1-c1nnc(SCC(=O)N(CCC(N)=O)c2ccc(F)cc2)o1. The van der Waals surface area contributed by atoms with E-state index in [1.165, 1.54) is 35.4 Å². The summed E-state index contributed by atoms with van der Waals surface area (Å²) in [6.07, 6.45) is 1.50. The fourth-order valence-electron chi connectivity index (χ4n) is 2.43. The lowest BCUT2D eigenvalue weighted by atomic mass is 10.2. The van der Waals surface area contributed by atoms with Crippen molar-refractivity contribution in [2.45, 2.75) is 18.6 Å². The number of carbonyl (C=O) groups is 2.